The lowest BCUT2D eigenvalue weighted by Gasteiger charge is -2.34. The molecule has 160 valence electrons. The zero-order valence-electron chi connectivity index (χ0n) is 17.6. The molecule has 0 saturated carbocycles. The molecule has 1 atom stereocenters. The number of carbonyl (C=O) groups is 2. The minimum atomic E-state index is -0.492. The van der Waals surface area contributed by atoms with Gasteiger partial charge in [-0.3, -0.25) is 9.59 Å². The number of halogens is 1. The third-order valence-corrected chi connectivity index (χ3v) is 5.63. The van der Waals surface area contributed by atoms with Gasteiger partial charge in [-0.1, -0.05) is 18.2 Å². The van der Waals surface area contributed by atoms with Crippen molar-refractivity contribution in [2.24, 2.45) is 0 Å². The van der Waals surface area contributed by atoms with Gasteiger partial charge in [-0.2, -0.15) is 0 Å². The summed E-state index contributed by atoms with van der Waals surface area (Å²) in [6, 6.07) is 13.3. The molecule has 6 heteroatoms. The second kappa shape index (κ2) is 8.76. The second-order valence-corrected chi connectivity index (χ2v) is 7.73. The third kappa shape index (κ3) is 4.24. The minimum absolute atomic E-state index is 0.0520. The number of rotatable bonds is 5. The van der Waals surface area contributed by atoms with Crippen LogP contribution in [0.4, 0.5) is 10.1 Å². The van der Waals surface area contributed by atoms with Crippen LogP contribution in [0.25, 0.3) is 0 Å². The van der Waals surface area contributed by atoms with E-state index in [0.29, 0.717) is 35.6 Å². The molecule has 1 amide bonds. The Morgan fingerprint density at radius 3 is 2.68 bits per heavy atom. The molecule has 0 bridgehead atoms. The third-order valence-electron chi connectivity index (χ3n) is 5.63. The van der Waals surface area contributed by atoms with Crippen LogP contribution in [0.5, 0.6) is 5.75 Å². The van der Waals surface area contributed by atoms with E-state index in [2.05, 4.69) is 10.6 Å². The Balaban J connectivity index is 1.75. The van der Waals surface area contributed by atoms with Crippen molar-refractivity contribution in [2.75, 3.05) is 11.9 Å². The average molecular weight is 420 g/mol. The number of benzene rings is 2. The van der Waals surface area contributed by atoms with Gasteiger partial charge >= 0.3 is 0 Å². The van der Waals surface area contributed by atoms with E-state index < -0.39 is 11.7 Å². The van der Waals surface area contributed by atoms with Gasteiger partial charge in [0.05, 0.1) is 6.61 Å². The van der Waals surface area contributed by atoms with Crippen LogP contribution in [0.1, 0.15) is 44.6 Å². The molecule has 0 aromatic heterocycles. The lowest BCUT2D eigenvalue weighted by molar-refractivity contribution is -0.116. The number of ketones is 1. The Hall–Kier alpha value is -3.41. The summed E-state index contributed by atoms with van der Waals surface area (Å²) in [5.74, 6) is -0.500. The molecule has 2 aromatic carbocycles. The van der Waals surface area contributed by atoms with Gasteiger partial charge in [0.1, 0.15) is 11.6 Å². The van der Waals surface area contributed by atoms with Crippen molar-refractivity contribution in [1.29, 1.82) is 0 Å². The summed E-state index contributed by atoms with van der Waals surface area (Å²) in [4.78, 5) is 26.3. The maximum Gasteiger partial charge on any atom is 0.254 e. The Morgan fingerprint density at radius 1 is 1.19 bits per heavy atom. The number of amides is 1. The van der Waals surface area contributed by atoms with Crippen LogP contribution < -0.4 is 15.4 Å². The van der Waals surface area contributed by atoms with Crippen molar-refractivity contribution in [1.82, 2.24) is 5.32 Å². The summed E-state index contributed by atoms with van der Waals surface area (Å²) in [5.41, 5.74) is 3.89. The van der Waals surface area contributed by atoms with Crippen LogP contribution >= 0.6 is 0 Å². The Labute approximate surface area is 181 Å². The first kappa shape index (κ1) is 20.8. The Kier molecular flexibility index (Phi) is 5.89. The SMILES string of the molecule is CCOc1ccc(C2C(C(=O)Nc3cccc(F)c3)=C(C)NC3=C2C(=O)CCC3)cc1. The number of hydrogen-bond acceptors (Lipinski definition) is 4. The van der Waals surface area contributed by atoms with Crippen LogP contribution in [0, 0.1) is 5.82 Å². The van der Waals surface area contributed by atoms with E-state index in [1.54, 1.807) is 12.1 Å². The number of hydrogen-bond donors (Lipinski definition) is 2. The quantitative estimate of drug-likeness (QED) is 0.727. The minimum Gasteiger partial charge on any atom is -0.494 e. The zero-order chi connectivity index (χ0) is 22.0. The molecule has 0 radical (unpaired) electrons. The number of ether oxygens (including phenoxy) is 1. The first-order valence-corrected chi connectivity index (χ1v) is 10.5. The highest BCUT2D eigenvalue weighted by atomic mass is 19.1. The molecule has 4 rings (SSSR count). The predicted molar refractivity (Wildman–Crippen MR) is 117 cm³/mol. The summed E-state index contributed by atoms with van der Waals surface area (Å²) in [5, 5.41) is 6.08. The van der Waals surface area contributed by atoms with Gasteiger partial charge in [0.15, 0.2) is 5.78 Å². The van der Waals surface area contributed by atoms with Crippen LogP contribution in [0.3, 0.4) is 0 Å². The molecular formula is C25H25FN2O3. The van der Waals surface area contributed by atoms with E-state index in [4.69, 9.17) is 4.74 Å². The van der Waals surface area contributed by atoms with E-state index >= 15 is 0 Å². The number of anilines is 1. The number of dihydropyridines is 1. The monoisotopic (exact) mass is 420 g/mol. The fourth-order valence-corrected chi connectivity index (χ4v) is 4.31. The molecule has 0 saturated heterocycles. The van der Waals surface area contributed by atoms with Gasteiger partial charge in [0.2, 0.25) is 0 Å². The predicted octanol–water partition coefficient (Wildman–Crippen LogP) is 4.83. The van der Waals surface area contributed by atoms with Crippen LogP contribution in [-0.2, 0) is 9.59 Å². The van der Waals surface area contributed by atoms with Crippen LogP contribution in [0.15, 0.2) is 71.1 Å². The van der Waals surface area contributed by atoms with Crippen molar-refractivity contribution < 1.29 is 18.7 Å². The Morgan fingerprint density at radius 2 is 1.97 bits per heavy atom. The highest BCUT2D eigenvalue weighted by molar-refractivity contribution is 6.09. The van der Waals surface area contributed by atoms with E-state index in [1.165, 1.54) is 12.1 Å². The summed E-state index contributed by atoms with van der Waals surface area (Å²) >= 11 is 0. The normalized spacial score (nSPS) is 18.4. The lowest BCUT2D eigenvalue weighted by Crippen LogP contribution is -2.35. The largest absolute Gasteiger partial charge is 0.494 e. The van der Waals surface area contributed by atoms with Crippen molar-refractivity contribution in [2.45, 2.75) is 39.0 Å². The van der Waals surface area contributed by atoms with Gasteiger partial charge in [0, 0.05) is 40.6 Å². The van der Waals surface area contributed by atoms with Gasteiger partial charge in [0.25, 0.3) is 5.91 Å². The summed E-state index contributed by atoms with van der Waals surface area (Å²) in [6.45, 7) is 4.31. The maximum absolute atomic E-state index is 13.6. The maximum atomic E-state index is 13.6. The molecule has 2 N–H and O–H groups in total. The molecule has 0 fully saturated rings. The van der Waals surface area contributed by atoms with E-state index in [-0.39, 0.29) is 11.7 Å². The van der Waals surface area contributed by atoms with Gasteiger partial charge in [-0.05, 0) is 62.6 Å². The summed E-state index contributed by atoms with van der Waals surface area (Å²) in [7, 11) is 0. The number of nitrogens with one attached hydrogen (secondary N) is 2. The average Bonchev–Trinajstić information content (AvgIpc) is 2.74. The zero-order valence-corrected chi connectivity index (χ0v) is 17.6. The van der Waals surface area contributed by atoms with Gasteiger partial charge < -0.3 is 15.4 Å². The van der Waals surface area contributed by atoms with Crippen molar-refractivity contribution >= 4 is 17.4 Å². The molecule has 31 heavy (non-hydrogen) atoms. The van der Waals surface area contributed by atoms with Crippen LogP contribution in [-0.4, -0.2) is 18.3 Å². The van der Waals surface area contributed by atoms with Crippen molar-refractivity contribution in [3.63, 3.8) is 0 Å². The lowest BCUT2D eigenvalue weighted by atomic mass is 9.75. The Bertz CT molecular complexity index is 1090. The number of carbonyl (C=O) groups excluding carboxylic acids is 2. The molecule has 1 aliphatic carbocycles. The first-order valence-electron chi connectivity index (χ1n) is 10.5. The molecule has 5 nitrogen and oxygen atoms in total. The standard InChI is InChI=1S/C25H25FN2O3/c1-3-31-19-12-10-16(11-13-19)23-22(25(30)28-18-7-4-6-17(26)14-18)15(2)27-20-8-5-9-21(29)24(20)23/h4,6-7,10-14,23,27H,3,5,8-9H2,1-2H3,(H,28,30). The molecule has 1 aliphatic heterocycles. The molecule has 1 unspecified atom stereocenters. The topological polar surface area (TPSA) is 67.4 Å². The number of Topliss-reactive ketones (excluding diaryl/α,β-unsaturated/α-hetero) is 1. The fraction of sp³-hybridized carbons (Fsp3) is 0.280. The van der Waals surface area contributed by atoms with E-state index in [1.807, 2.05) is 38.1 Å². The first-order chi connectivity index (χ1) is 15.0. The second-order valence-electron chi connectivity index (χ2n) is 7.73. The highest BCUT2D eigenvalue weighted by Crippen LogP contribution is 2.42. The smallest absolute Gasteiger partial charge is 0.254 e. The molecule has 2 aromatic rings. The van der Waals surface area contributed by atoms with Gasteiger partial charge in [-0.15, -0.1) is 0 Å². The van der Waals surface area contributed by atoms with E-state index in [0.717, 1.165) is 29.9 Å². The van der Waals surface area contributed by atoms with Crippen LogP contribution in [0.2, 0.25) is 0 Å². The summed E-state index contributed by atoms with van der Waals surface area (Å²) < 4.78 is 19.2. The van der Waals surface area contributed by atoms with Gasteiger partial charge in [-0.25, -0.2) is 4.39 Å². The molecule has 1 heterocycles. The molecular weight excluding hydrogens is 395 g/mol. The van der Waals surface area contributed by atoms with Crippen molar-refractivity contribution in [3.05, 3.63) is 82.5 Å². The van der Waals surface area contributed by atoms with Crippen molar-refractivity contribution in [3.8, 4) is 5.75 Å². The summed E-state index contributed by atoms with van der Waals surface area (Å²) in [6.07, 6.45) is 2.02. The molecule has 2 aliphatic rings. The van der Waals surface area contributed by atoms with E-state index in [9.17, 15) is 14.0 Å². The highest BCUT2D eigenvalue weighted by Gasteiger charge is 2.38. The molecule has 0 spiro atoms. The fourth-order valence-electron chi connectivity index (χ4n) is 4.31. The number of allylic oxidation sites excluding steroid dienone is 3.